The SMILES string of the molecule is CC1=CCC(S(=O)(=O)Cl)CC1. The summed E-state index contributed by atoms with van der Waals surface area (Å²) in [5, 5.41) is -0.354. The van der Waals surface area contributed by atoms with Gasteiger partial charge >= 0.3 is 0 Å². The Bertz CT molecular complexity index is 266. The average Bonchev–Trinajstić information content (AvgIpc) is 1.86. The van der Waals surface area contributed by atoms with Crippen molar-refractivity contribution in [2.45, 2.75) is 31.4 Å². The molecule has 2 nitrogen and oxygen atoms in total. The number of hydrogen-bond acceptors (Lipinski definition) is 2. The van der Waals surface area contributed by atoms with Crippen molar-refractivity contribution in [3.8, 4) is 0 Å². The van der Waals surface area contributed by atoms with Gasteiger partial charge < -0.3 is 0 Å². The molecule has 1 unspecified atom stereocenters. The van der Waals surface area contributed by atoms with Crippen LogP contribution in [0.25, 0.3) is 0 Å². The topological polar surface area (TPSA) is 34.1 Å². The van der Waals surface area contributed by atoms with Crippen LogP contribution >= 0.6 is 10.7 Å². The first kappa shape index (κ1) is 9.07. The van der Waals surface area contributed by atoms with E-state index in [4.69, 9.17) is 10.7 Å². The van der Waals surface area contributed by atoms with Crippen LogP contribution < -0.4 is 0 Å². The van der Waals surface area contributed by atoms with Gasteiger partial charge in [-0.15, -0.1) is 0 Å². The van der Waals surface area contributed by atoms with Crippen LogP contribution in [-0.4, -0.2) is 13.7 Å². The van der Waals surface area contributed by atoms with Crippen molar-refractivity contribution >= 4 is 19.7 Å². The predicted molar refractivity (Wildman–Crippen MR) is 46.2 cm³/mol. The molecule has 0 aliphatic heterocycles. The van der Waals surface area contributed by atoms with Crippen molar-refractivity contribution in [3.63, 3.8) is 0 Å². The molecule has 0 fully saturated rings. The molecular weight excluding hydrogens is 184 g/mol. The van der Waals surface area contributed by atoms with E-state index in [1.165, 1.54) is 5.57 Å². The van der Waals surface area contributed by atoms with Crippen LogP contribution in [0.5, 0.6) is 0 Å². The molecular formula is C7H11ClO2S. The Hall–Kier alpha value is -0.0200. The standard InChI is InChI=1S/C7H11ClO2S/c1-6-2-4-7(5-3-6)11(8,9)10/h2,7H,3-5H2,1H3. The van der Waals surface area contributed by atoms with E-state index in [1.54, 1.807) is 0 Å². The summed E-state index contributed by atoms with van der Waals surface area (Å²) in [4.78, 5) is 0. The molecule has 0 saturated heterocycles. The van der Waals surface area contributed by atoms with E-state index in [-0.39, 0.29) is 5.25 Å². The molecule has 0 amide bonds. The minimum absolute atomic E-state index is 0.354. The van der Waals surface area contributed by atoms with Gasteiger partial charge in [-0.2, -0.15) is 0 Å². The minimum atomic E-state index is -3.32. The molecule has 1 rings (SSSR count). The predicted octanol–water partition coefficient (Wildman–Crippen LogP) is 2.05. The maximum absolute atomic E-state index is 10.8. The molecule has 11 heavy (non-hydrogen) atoms. The molecule has 0 aromatic carbocycles. The largest absolute Gasteiger partial charge is 0.235 e. The fourth-order valence-electron chi connectivity index (χ4n) is 1.20. The van der Waals surface area contributed by atoms with Crippen LogP contribution in [0.2, 0.25) is 0 Å². The summed E-state index contributed by atoms with van der Waals surface area (Å²) in [7, 11) is 1.88. The van der Waals surface area contributed by atoms with Crippen molar-refractivity contribution in [2.24, 2.45) is 0 Å². The third-order valence-electron chi connectivity index (χ3n) is 1.99. The number of hydrogen-bond donors (Lipinski definition) is 0. The molecule has 64 valence electrons. The summed E-state index contributed by atoms with van der Waals surface area (Å²) in [6, 6.07) is 0. The molecule has 1 aliphatic carbocycles. The van der Waals surface area contributed by atoms with Crippen LogP contribution in [0.3, 0.4) is 0 Å². The van der Waals surface area contributed by atoms with E-state index >= 15 is 0 Å². The normalized spacial score (nSPS) is 26.4. The zero-order valence-corrected chi connectivity index (χ0v) is 7.95. The Kier molecular flexibility index (Phi) is 2.60. The van der Waals surface area contributed by atoms with Gasteiger partial charge in [0.05, 0.1) is 5.25 Å². The summed E-state index contributed by atoms with van der Waals surface area (Å²) < 4.78 is 21.7. The van der Waals surface area contributed by atoms with Crippen molar-refractivity contribution in [3.05, 3.63) is 11.6 Å². The van der Waals surface area contributed by atoms with Crippen LogP contribution in [0.15, 0.2) is 11.6 Å². The second kappa shape index (κ2) is 3.15. The Balaban J connectivity index is 2.69. The highest BCUT2D eigenvalue weighted by molar-refractivity contribution is 8.14. The van der Waals surface area contributed by atoms with Gasteiger partial charge in [0.1, 0.15) is 0 Å². The first-order valence-corrected chi connectivity index (χ1v) is 5.96. The summed E-state index contributed by atoms with van der Waals surface area (Å²) in [5.74, 6) is 0. The molecule has 0 aromatic rings. The zero-order chi connectivity index (χ0) is 8.48. The van der Waals surface area contributed by atoms with Crippen LogP contribution in [0.4, 0.5) is 0 Å². The molecule has 0 heterocycles. The van der Waals surface area contributed by atoms with Crippen LogP contribution in [-0.2, 0) is 9.05 Å². The molecule has 0 saturated carbocycles. The zero-order valence-electron chi connectivity index (χ0n) is 6.38. The third kappa shape index (κ3) is 2.49. The van der Waals surface area contributed by atoms with Crippen molar-refractivity contribution < 1.29 is 8.42 Å². The van der Waals surface area contributed by atoms with Crippen LogP contribution in [0.1, 0.15) is 26.2 Å². The van der Waals surface area contributed by atoms with Gasteiger partial charge in [0, 0.05) is 10.7 Å². The van der Waals surface area contributed by atoms with Crippen molar-refractivity contribution in [1.29, 1.82) is 0 Å². The lowest BCUT2D eigenvalue weighted by Crippen LogP contribution is -2.18. The van der Waals surface area contributed by atoms with E-state index in [0.29, 0.717) is 12.8 Å². The molecule has 0 spiro atoms. The lowest BCUT2D eigenvalue weighted by Gasteiger charge is -2.16. The van der Waals surface area contributed by atoms with Gasteiger partial charge in [-0.25, -0.2) is 8.42 Å². The molecule has 0 aromatic heterocycles. The van der Waals surface area contributed by atoms with Gasteiger partial charge in [0.2, 0.25) is 9.05 Å². The van der Waals surface area contributed by atoms with Crippen molar-refractivity contribution in [1.82, 2.24) is 0 Å². The Morgan fingerprint density at radius 2 is 2.27 bits per heavy atom. The molecule has 1 atom stereocenters. The van der Waals surface area contributed by atoms with Gasteiger partial charge in [0.15, 0.2) is 0 Å². The molecule has 1 aliphatic rings. The molecule has 4 heteroatoms. The Morgan fingerprint density at radius 1 is 1.64 bits per heavy atom. The number of halogens is 1. The van der Waals surface area contributed by atoms with E-state index in [9.17, 15) is 8.42 Å². The van der Waals surface area contributed by atoms with E-state index in [1.807, 2.05) is 13.0 Å². The Morgan fingerprint density at radius 3 is 2.64 bits per heavy atom. The van der Waals surface area contributed by atoms with Gasteiger partial charge in [-0.1, -0.05) is 11.6 Å². The van der Waals surface area contributed by atoms with E-state index < -0.39 is 9.05 Å². The fourth-order valence-corrected chi connectivity index (χ4v) is 2.41. The summed E-state index contributed by atoms with van der Waals surface area (Å²) in [6.45, 7) is 2.01. The highest BCUT2D eigenvalue weighted by atomic mass is 35.7. The number of allylic oxidation sites excluding steroid dienone is 2. The summed E-state index contributed by atoms with van der Waals surface area (Å²) >= 11 is 0. The van der Waals surface area contributed by atoms with Crippen molar-refractivity contribution in [2.75, 3.05) is 0 Å². The molecule has 0 bridgehead atoms. The summed E-state index contributed by atoms with van der Waals surface area (Å²) in [5.41, 5.74) is 1.27. The van der Waals surface area contributed by atoms with Crippen LogP contribution in [0, 0.1) is 0 Å². The first-order valence-electron chi connectivity index (χ1n) is 3.59. The maximum atomic E-state index is 10.8. The quantitative estimate of drug-likeness (QED) is 0.473. The van der Waals surface area contributed by atoms with Gasteiger partial charge in [-0.3, -0.25) is 0 Å². The fraction of sp³-hybridized carbons (Fsp3) is 0.714. The van der Waals surface area contributed by atoms with Gasteiger partial charge in [0.25, 0.3) is 0 Å². The second-order valence-electron chi connectivity index (χ2n) is 2.92. The second-order valence-corrected chi connectivity index (χ2v) is 5.83. The smallest absolute Gasteiger partial charge is 0.212 e. The first-order chi connectivity index (χ1) is 5.00. The number of rotatable bonds is 1. The van der Waals surface area contributed by atoms with Gasteiger partial charge in [-0.05, 0) is 26.2 Å². The lowest BCUT2D eigenvalue weighted by atomic mass is 10.0. The lowest BCUT2D eigenvalue weighted by molar-refractivity contribution is 0.579. The monoisotopic (exact) mass is 194 g/mol. The maximum Gasteiger partial charge on any atom is 0.235 e. The van der Waals surface area contributed by atoms with E-state index in [2.05, 4.69) is 0 Å². The molecule has 0 N–H and O–H groups in total. The summed E-state index contributed by atoms with van der Waals surface area (Å²) in [6.07, 6.45) is 4.07. The average molecular weight is 195 g/mol. The highest BCUT2D eigenvalue weighted by Crippen LogP contribution is 2.24. The molecule has 0 radical (unpaired) electrons. The third-order valence-corrected chi connectivity index (χ3v) is 3.97. The minimum Gasteiger partial charge on any atom is -0.212 e. The Labute approximate surface area is 71.7 Å². The highest BCUT2D eigenvalue weighted by Gasteiger charge is 2.23. The van der Waals surface area contributed by atoms with E-state index in [0.717, 1.165) is 6.42 Å².